The smallest absolute Gasteiger partial charge is 0.311 e. The molecule has 0 saturated heterocycles. The standard InChI is InChI=1S/C15H27NO2/c1-5-13(18-14(17)15(2,3)4)11-16-12-9-7-6-8-10-12/h11-13H,5-10H2,1-4H3. The Morgan fingerprint density at radius 2 is 1.94 bits per heavy atom. The molecule has 1 rings (SSSR count). The van der Waals surface area contributed by atoms with E-state index in [1.54, 1.807) is 0 Å². The summed E-state index contributed by atoms with van der Waals surface area (Å²) in [6.45, 7) is 7.65. The summed E-state index contributed by atoms with van der Waals surface area (Å²) in [7, 11) is 0. The molecule has 0 heterocycles. The van der Waals surface area contributed by atoms with Crippen LogP contribution in [0.4, 0.5) is 0 Å². The fraction of sp³-hybridized carbons (Fsp3) is 0.867. The Morgan fingerprint density at radius 3 is 2.44 bits per heavy atom. The first-order chi connectivity index (χ1) is 8.43. The maximum absolute atomic E-state index is 11.8. The van der Waals surface area contributed by atoms with Crippen LogP contribution in [0.2, 0.25) is 0 Å². The molecule has 1 aliphatic carbocycles. The van der Waals surface area contributed by atoms with Gasteiger partial charge < -0.3 is 4.74 Å². The van der Waals surface area contributed by atoms with Gasteiger partial charge in [0.1, 0.15) is 6.10 Å². The van der Waals surface area contributed by atoms with Gasteiger partial charge in [-0.05, 0) is 40.0 Å². The van der Waals surface area contributed by atoms with Crippen LogP contribution in [-0.4, -0.2) is 24.3 Å². The maximum atomic E-state index is 11.8. The van der Waals surface area contributed by atoms with Gasteiger partial charge in [0.25, 0.3) is 0 Å². The lowest BCUT2D eigenvalue weighted by Crippen LogP contribution is -2.29. The van der Waals surface area contributed by atoms with Crippen LogP contribution in [0.25, 0.3) is 0 Å². The fourth-order valence-corrected chi connectivity index (χ4v) is 1.98. The third-order valence-electron chi connectivity index (χ3n) is 3.31. The summed E-state index contributed by atoms with van der Waals surface area (Å²) < 4.78 is 5.47. The third-order valence-corrected chi connectivity index (χ3v) is 3.31. The highest BCUT2D eigenvalue weighted by molar-refractivity contribution is 5.78. The first kappa shape index (κ1) is 15.2. The Morgan fingerprint density at radius 1 is 1.33 bits per heavy atom. The monoisotopic (exact) mass is 253 g/mol. The molecule has 1 saturated carbocycles. The second-order valence-electron chi connectivity index (χ2n) is 6.19. The first-order valence-electron chi connectivity index (χ1n) is 7.18. The molecule has 0 N–H and O–H groups in total. The number of hydrogen-bond donors (Lipinski definition) is 0. The summed E-state index contributed by atoms with van der Waals surface area (Å²) in [6.07, 6.45) is 8.72. The predicted molar refractivity (Wildman–Crippen MR) is 75.0 cm³/mol. The van der Waals surface area contributed by atoms with Gasteiger partial charge >= 0.3 is 5.97 Å². The molecule has 0 spiro atoms. The highest BCUT2D eigenvalue weighted by atomic mass is 16.5. The summed E-state index contributed by atoms with van der Waals surface area (Å²) in [6, 6.07) is 0.445. The highest BCUT2D eigenvalue weighted by Crippen LogP contribution is 2.20. The van der Waals surface area contributed by atoms with Crippen LogP contribution in [0.15, 0.2) is 4.99 Å². The van der Waals surface area contributed by atoms with E-state index in [1.165, 1.54) is 32.1 Å². The van der Waals surface area contributed by atoms with Crippen LogP contribution < -0.4 is 0 Å². The SMILES string of the molecule is CCC(C=NC1CCCCC1)OC(=O)C(C)(C)C. The number of hydrogen-bond acceptors (Lipinski definition) is 3. The lowest BCUT2D eigenvalue weighted by atomic mass is 9.96. The van der Waals surface area contributed by atoms with E-state index in [1.807, 2.05) is 33.9 Å². The predicted octanol–water partition coefficient (Wildman–Crippen LogP) is 3.76. The minimum Gasteiger partial charge on any atom is -0.456 e. The van der Waals surface area contributed by atoms with Crippen LogP contribution in [0, 0.1) is 5.41 Å². The lowest BCUT2D eigenvalue weighted by Gasteiger charge is -2.21. The zero-order valence-electron chi connectivity index (χ0n) is 12.2. The molecule has 0 aromatic rings. The molecule has 0 radical (unpaired) electrons. The van der Waals surface area contributed by atoms with Crippen molar-refractivity contribution < 1.29 is 9.53 Å². The summed E-state index contributed by atoms with van der Waals surface area (Å²) in [5.74, 6) is -0.149. The lowest BCUT2D eigenvalue weighted by molar-refractivity contribution is -0.155. The van der Waals surface area contributed by atoms with Gasteiger partial charge in [0.15, 0.2) is 0 Å². The minimum absolute atomic E-state index is 0.149. The molecule has 0 aromatic heterocycles. The van der Waals surface area contributed by atoms with Crippen molar-refractivity contribution in [1.82, 2.24) is 0 Å². The molecule has 1 atom stereocenters. The number of carbonyl (C=O) groups is 1. The summed E-state index contributed by atoms with van der Waals surface area (Å²) in [5.41, 5.74) is -0.438. The van der Waals surface area contributed by atoms with Gasteiger partial charge in [-0.15, -0.1) is 0 Å². The van der Waals surface area contributed by atoms with Crippen molar-refractivity contribution in [2.75, 3.05) is 0 Å². The molecule has 104 valence electrons. The fourth-order valence-electron chi connectivity index (χ4n) is 1.98. The number of rotatable bonds is 4. The molecule has 0 aliphatic heterocycles. The Bertz CT molecular complexity index is 285. The van der Waals surface area contributed by atoms with Gasteiger partial charge in [-0.2, -0.15) is 0 Å². The molecule has 0 aromatic carbocycles. The number of aliphatic imine (C=N–C) groups is 1. The highest BCUT2D eigenvalue weighted by Gasteiger charge is 2.25. The summed E-state index contributed by atoms with van der Waals surface area (Å²) in [5, 5.41) is 0. The molecule has 1 unspecified atom stereocenters. The quantitative estimate of drug-likeness (QED) is 0.565. The molecular formula is C15H27NO2. The second kappa shape index (κ2) is 6.91. The third kappa shape index (κ3) is 5.19. The van der Waals surface area contributed by atoms with Gasteiger partial charge in [-0.3, -0.25) is 9.79 Å². The van der Waals surface area contributed by atoms with E-state index in [2.05, 4.69) is 4.99 Å². The second-order valence-corrected chi connectivity index (χ2v) is 6.19. The van der Waals surface area contributed by atoms with E-state index >= 15 is 0 Å². The van der Waals surface area contributed by atoms with Gasteiger partial charge in [0.2, 0.25) is 0 Å². The number of carbonyl (C=O) groups excluding carboxylic acids is 1. The zero-order chi connectivity index (χ0) is 13.6. The molecule has 3 heteroatoms. The van der Waals surface area contributed by atoms with Gasteiger partial charge in [0.05, 0.1) is 5.41 Å². The average Bonchev–Trinajstić information content (AvgIpc) is 2.34. The maximum Gasteiger partial charge on any atom is 0.311 e. The Balaban J connectivity index is 2.45. The van der Waals surface area contributed by atoms with Crippen molar-refractivity contribution >= 4 is 12.2 Å². The molecule has 1 fully saturated rings. The van der Waals surface area contributed by atoms with Crippen molar-refractivity contribution in [1.29, 1.82) is 0 Å². The first-order valence-corrected chi connectivity index (χ1v) is 7.18. The van der Waals surface area contributed by atoms with Crippen LogP contribution in [0.1, 0.15) is 66.2 Å². The van der Waals surface area contributed by atoms with Crippen LogP contribution in [0.3, 0.4) is 0 Å². The van der Waals surface area contributed by atoms with Crippen LogP contribution in [-0.2, 0) is 9.53 Å². The molecule has 18 heavy (non-hydrogen) atoms. The molecule has 0 bridgehead atoms. The average molecular weight is 253 g/mol. The Hall–Kier alpha value is -0.860. The normalized spacial score (nSPS) is 20.0. The van der Waals surface area contributed by atoms with Crippen molar-refractivity contribution in [3.05, 3.63) is 0 Å². The Labute approximate surface area is 111 Å². The van der Waals surface area contributed by atoms with Crippen LogP contribution in [0.5, 0.6) is 0 Å². The molecule has 3 nitrogen and oxygen atoms in total. The van der Waals surface area contributed by atoms with Crippen molar-refractivity contribution in [2.45, 2.75) is 78.4 Å². The van der Waals surface area contributed by atoms with E-state index in [9.17, 15) is 4.79 Å². The van der Waals surface area contributed by atoms with E-state index in [0.717, 1.165) is 6.42 Å². The number of nitrogens with zero attached hydrogens (tertiary/aromatic N) is 1. The van der Waals surface area contributed by atoms with Crippen molar-refractivity contribution in [3.8, 4) is 0 Å². The van der Waals surface area contributed by atoms with Crippen molar-refractivity contribution in [3.63, 3.8) is 0 Å². The topological polar surface area (TPSA) is 38.7 Å². The van der Waals surface area contributed by atoms with E-state index in [0.29, 0.717) is 6.04 Å². The minimum atomic E-state index is -0.438. The largest absolute Gasteiger partial charge is 0.456 e. The van der Waals surface area contributed by atoms with Gasteiger partial charge in [-0.1, -0.05) is 26.2 Å². The van der Waals surface area contributed by atoms with E-state index < -0.39 is 5.41 Å². The number of ether oxygens (including phenoxy) is 1. The molecule has 1 aliphatic rings. The van der Waals surface area contributed by atoms with Gasteiger partial charge in [0, 0.05) is 12.3 Å². The number of esters is 1. The molecular weight excluding hydrogens is 226 g/mol. The van der Waals surface area contributed by atoms with E-state index in [4.69, 9.17) is 4.74 Å². The summed E-state index contributed by atoms with van der Waals surface area (Å²) in [4.78, 5) is 16.4. The van der Waals surface area contributed by atoms with Gasteiger partial charge in [-0.25, -0.2) is 0 Å². The Kier molecular flexibility index (Phi) is 5.83. The molecule has 0 amide bonds. The van der Waals surface area contributed by atoms with Crippen LogP contribution >= 0.6 is 0 Å². The summed E-state index contributed by atoms with van der Waals surface area (Å²) >= 11 is 0. The van der Waals surface area contributed by atoms with E-state index in [-0.39, 0.29) is 12.1 Å². The van der Waals surface area contributed by atoms with Crippen molar-refractivity contribution in [2.24, 2.45) is 10.4 Å². The zero-order valence-corrected chi connectivity index (χ0v) is 12.2.